The van der Waals surface area contributed by atoms with Crippen molar-refractivity contribution in [3.63, 3.8) is 0 Å². The molecule has 2 aromatic rings. The van der Waals surface area contributed by atoms with Crippen molar-refractivity contribution in [2.75, 3.05) is 36.0 Å². The van der Waals surface area contributed by atoms with Gasteiger partial charge < -0.3 is 19.8 Å². The highest BCUT2D eigenvalue weighted by Crippen LogP contribution is 2.30. The molecule has 0 spiro atoms. The number of fused-ring (bicyclic) bond motifs is 1. The molecule has 8 nitrogen and oxygen atoms in total. The third-order valence-electron chi connectivity index (χ3n) is 5.86. The molecule has 0 aromatic heterocycles. The quantitative estimate of drug-likeness (QED) is 0.507. The maximum atomic E-state index is 12.8. The summed E-state index contributed by atoms with van der Waals surface area (Å²) in [7, 11) is 0. The molecule has 8 heteroatoms. The molecule has 0 bridgehead atoms. The van der Waals surface area contributed by atoms with Crippen LogP contribution in [0.4, 0.5) is 11.4 Å². The number of aliphatic hydroxyl groups is 1. The number of carbonyl (C=O) groups is 2. The summed E-state index contributed by atoms with van der Waals surface area (Å²) in [6, 6.07) is 14.9. The number of hydroxylamine groups is 1. The highest BCUT2D eigenvalue weighted by Gasteiger charge is 2.39. The Morgan fingerprint density at radius 3 is 2.23 bits per heavy atom. The Morgan fingerprint density at radius 1 is 1.00 bits per heavy atom. The van der Waals surface area contributed by atoms with E-state index < -0.39 is 18.1 Å². The first-order valence-corrected chi connectivity index (χ1v) is 10.1. The predicted molar refractivity (Wildman–Crippen MR) is 113 cm³/mol. The number of anilines is 2. The van der Waals surface area contributed by atoms with Crippen LogP contribution in [0.5, 0.6) is 0 Å². The van der Waals surface area contributed by atoms with Crippen LogP contribution in [0.25, 0.3) is 0 Å². The van der Waals surface area contributed by atoms with E-state index in [2.05, 4.69) is 21.9 Å². The fraction of sp³-hybridized carbons (Fsp3) is 0.364. The minimum Gasteiger partial charge on any atom is -0.391 e. The first-order valence-electron chi connectivity index (χ1n) is 10.1. The summed E-state index contributed by atoms with van der Waals surface area (Å²) >= 11 is 0. The molecular formula is C22H26N4O4. The lowest BCUT2D eigenvalue weighted by Gasteiger charge is -2.37. The Morgan fingerprint density at radius 2 is 1.63 bits per heavy atom. The van der Waals surface area contributed by atoms with Gasteiger partial charge in [-0.05, 0) is 42.8 Å². The lowest BCUT2D eigenvalue weighted by Crippen LogP contribution is -2.52. The predicted octanol–water partition coefficient (Wildman–Crippen LogP) is 1.22. The number of rotatable bonds is 5. The van der Waals surface area contributed by atoms with Gasteiger partial charge in [-0.2, -0.15) is 0 Å². The van der Waals surface area contributed by atoms with Crippen LogP contribution in [-0.4, -0.2) is 65.4 Å². The van der Waals surface area contributed by atoms with Gasteiger partial charge in [-0.15, -0.1) is 0 Å². The van der Waals surface area contributed by atoms with E-state index in [9.17, 15) is 14.7 Å². The molecule has 0 unspecified atom stereocenters. The summed E-state index contributed by atoms with van der Waals surface area (Å²) in [4.78, 5) is 30.7. The van der Waals surface area contributed by atoms with E-state index in [1.807, 2.05) is 30.3 Å². The molecule has 2 amide bonds. The molecule has 158 valence electrons. The summed E-state index contributed by atoms with van der Waals surface area (Å²) in [5.41, 5.74) is 5.15. The van der Waals surface area contributed by atoms with Gasteiger partial charge in [0.25, 0.3) is 11.8 Å². The number of hydrogen-bond donors (Lipinski definition) is 3. The molecular weight excluding hydrogens is 384 g/mol. The van der Waals surface area contributed by atoms with Crippen molar-refractivity contribution in [2.24, 2.45) is 0 Å². The molecule has 3 N–H and O–H groups in total. The lowest BCUT2D eigenvalue weighted by atomic mass is 10.1. The second kappa shape index (κ2) is 8.33. The molecule has 2 atom stereocenters. The molecule has 30 heavy (non-hydrogen) atoms. The third kappa shape index (κ3) is 3.71. The molecule has 2 aliphatic rings. The average Bonchev–Trinajstić information content (AvgIpc) is 3.09. The van der Waals surface area contributed by atoms with Crippen molar-refractivity contribution < 1.29 is 19.9 Å². The van der Waals surface area contributed by atoms with Gasteiger partial charge in [0.2, 0.25) is 0 Å². The van der Waals surface area contributed by atoms with Crippen LogP contribution in [0.1, 0.15) is 22.8 Å². The van der Waals surface area contributed by atoms with Gasteiger partial charge in [-0.1, -0.05) is 18.2 Å². The number of amides is 2. The van der Waals surface area contributed by atoms with Crippen LogP contribution in [-0.2, 0) is 11.3 Å². The molecule has 2 aromatic carbocycles. The highest BCUT2D eigenvalue weighted by atomic mass is 16.5. The monoisotopic (exact) mass is 410 g/mol. The fourth-order valence-electron chi connectivity index (χ4n) is 4.30. The minimum atomic E-state index is -1.15. The standard InChI is InChI=1S/C22H26N4O4/c1-15(27)20(21(28)23-30)26-14-16-13-18(7-8-19(16)22(26)29)25-11-9-24(10-12-25)17-5-3-2-4-6-17/h2-8,13,15,20,27,30H,9-12,14H2,1H3,(H,23,28)/t15-,20+/m1/s1. The van der Waals surface area contributed by atoms with E-state index in [4.69, 9.17) is 5.21 Å². The minimum absolute atomic E-state index is 0.217. The molecule has 4 rings (SSSR count). The molecule has 0 radical (unpaired) electrons. The van der Waals surface area contributed by atoms with Crippen molar-refractivity contribution in [1.82, 2.24) is 10.4 Å². The van der Waals surface area contributed by atoms with Crippen molar-refractivity contribution in [1.29, 1.82) is 0 Å². The molecule has 2 heterocycles. The normalized spacial score (nSPS) is 18.2. The third-order valence-corrected chi connectivity index (χ3v) is 5.86. The Kier molecular flexibility index (Phi) is 5.61. The average molecular weight is 410 g/mol. The van der Waals surface area contributed by atoms with Crippen LogP contribution in [0.15, 0.2) is 48.5 Å². The van der Waals surface area contributed by atoms with Crippen molar-refractivity contribution in [3.8, 4) is 0 Å². The summed E-state index contributed by atoms with van der Waals surface area (Å²) in [5.74, 6) is -1.12. The van der Waals surface area contributed by atoms with E-state index >= 15 is 0 Å². The number of nitrogens with zero attached hydrogens (tertiary/aromatic N) is 3. The lowest BCUT2D eigenvalue weighted by molar-refractivity contribution is -0.137. The zero-order valence-electron chi connectivity index (χ0n) is 16.9. The number of hydrogen-bond acceptors (Lipinski definition) is 6. The summed E-state index contributed by atoms with van der Waals surface area (Å²) in [5, 5.41) is 18.9. The van der Waals surface area contributed by atoms with Crippen LogP contribution in [0.3, 0.4) is 0 Å². The largest absolute Gasteiger partial charge is 0.391 e. The first-order chi connectivity index (χ1) is 14.5. The highest BCUT2D eigenvalue weighted by molar-refractivity contribution is 6.01. The number of para-hydroxylation sites is 1. The number of benzene rings is 2. The summed E-state index contributed by atoms with van der Waals surface area (Å²) < 4.78 is 0. The van der Waals surface area contributed by atoms with Gasteiger partial charge >= 0.3 is 0 Å². The topological polar surface area (TPSA) is 96.3 Å². The zero-order valence-corrected chi connectivity index (χ0v) is 16.9. The SMILES string of the molecule is C[C@@H](O)[C@@H](C(=O)NO)N1Cc2cc(N3CCN(c4ccccc4)CC3)ccc2C1=O. The zero-order chi connectivity index (χ0) is 21.3. The Hall–Kier alpha value is -3.10. The number of piperazine rings is 1. The number of nitrogens with one attached hydrogen (secondary N) is 1. The van der Waals surface area contributed by atoms with E-state index in [1.165, 1.54) is 17.5 Å². The van der Waals surface area contributed by atoms with E-state index in [1.54, 1.807) is 11.5 Å². The molecule has 0 aliphatic carbocycles. The van der Waals surface area contributed by atoms with E-state index in [0.29, 0.717) is 5.56 Å². The van der Waals surface area contributed by atoms with Crippen molar-refractivity contribution in [3.05, 3.63) is 59.7 Å². The summed E-state index contributed by atoms with van der Waals surface area (Å²) in [6.07, 6.45) is -1.11. The van der Waals surface area contributed by atoms with Gasteiger partial charge in [-0.3, -0.25) is 14.8 Å². The number of aliphatic hydroxyl groups excluding tert-OH is 1. The van der Waals surface area contributed by atoms with Gasteiger partial charge in [0.05, 0.1) is 6.10 Å². The van der Waals surface area contributed by atoms with Crippen LogP contribution >= 0.6 is 0 Å². The van der Waals surface area contributed by atoms with Crippen LogP contribution < -0.4 is 15.3 Å². The summed E-state index contributed by atoms with van der Waals surface area (Å²) in [6.45, 7) is 5.20. The van der Waals surface area contributed by atoms with Crippen molar-refractivity contribution in [2.45, 2.75) is 25.6 Å². The first kappa shape index (κ1) is 20.2. The van der Waals surface area contributed by atoms with E-state index in [-0.39, 0.29) is 12.5 Å². The fourth-order valence-corrected chi connectivity index (χ4v) is 4.30. The second-order valence-corrected chi connectivity index (χ2v) is 7.75. The maximum Gasteiger partial charge on any atom is 0.268 e. The molecule has 1 saturated heterocycles. The van der Waals surface area contributed by atoms with Gasteiger partial charge in [-0.25, -0.2) is 5.48 Å². The van der Waals surface area contributed by atoms with Crippen LogP contribution in [0.2, 0.25) is 0 Å². The van der Waals surface area contributed by atoms with Gasteiger partial charge in [0, 0.05) is 49.7 Å². The van der Waals surface area contributed by atoms with E-state index in [0.717, 1.165) is 37.4 Å². The Bertz CT molecular complexity index is 926. The molecule has 0 saturated carbocycles. The Labute approximate surface area is 175 Å². The smallest absolute Gasteiger partial charge is 0.268 e. The molecule has 2 aliphatic heterocycles. The van der Waals surface area contributed by atoms with Crippen molar-refractivity contribution >= 4 is 23.2 Å². The van der Waals surface area contributed by atoms with Gasteiger partial charge in [0.1, 0.15) is 6.04 Å². The number of carbonyl (C=O) groups excluding carboxylic acids is 2. The van der Waals surface area contributed by atoms with Crippen LogP contribution in [0, 0.1) is 0 Å². The van der Waals surface area contributed by atoms with Gasteiger partial charge in [0.15, 0.2) is 0 Å². The second-order valence-electron chi connectivity index (χ2n) is 7.75. The maximum absolute atomic E-state index is 12.8. The Balaban J connectivity index is 1.48. The molecule has 1 fully saturated rings.